The van der Waals surface area contributed by atoms with Gasteiger partial charge in [0, 0.05) is 0 Å². The van der Waals surface area contributed by atoms with Crippen molar-refractivity contribution in [3.63, 3.8) is 0 Å². The highest BCUT2D eigenvalue weighted by molar-refractivity contribution is 5.67. The molecule has 2 rings (SSSR count). The van der Waals surface area contributed by atoms with Crippen LogP contribution in [-0.4, -0.2) is 25.8 Å². The van der Waals surface area contributed by atoms with Crippen molar-refractivity contribution in [1.29, 1.82) is 0 Å². The topological polar surface area (TPSA) is 68.0 Å². The van der Waals surface area contributed by atoms with Gasteiger partial charge in [-0.1, -0.05) is 6.42 Å². The average Bonchev–Trinajstić information content (AvgIpc) is 2.70. The number of aliphatic carboxylic acids is 1. The smallest absolute Gasteiger partial charge is 0.303 e. The second-order valence-corrected chi connectivity index (χ2v) is 3.73. The molecule has 2 unspecified atom stereocenters. The third-order valence-corrected chi connectivity index (χ3v) is 2.83. The van der Waals surface area contributed by atoms with E-state index in [0.717, 1.165) is 19.3 Å². The van der Waals surface area contributed by atoms with Crippen LogP contribution >= 0.6 is 0 Å². The van der Waals surface area contributed by atoms with Crippen molar-refractivity contribution in [3.05, 3.63) is 12.7 Å². The summed E-state index contributed by atoms with van der Waals surface area (Å²) in [5.41, 5.74) is 0. The zero-order valence-electron chi connectivity index (χ0n) is 7.83. The lowest BCUT2D eigenvalue weighted by Gasteiger charge is -2.17. The van der Waals surface area contributed by atoms with E-state index in [0.29, 0.717) is 0 Å². The van der Waals surface area contributed by atoms with Crippen LogP contribution < -0.4 is 0 Å². The van der Waals surface area contributed by atoms with Gasteiger partial charge in [0.2, 0.25) is 0 Å². The first-order valence-corrected chi connectivity index (χ1v) is 4.83. The van der Waals surface area contributed by atoms with Gasteiger partial charge >= 0.3 is 5.97 Å². The maximum Gasteiger partial charge on any atom is 0.303 e. The van der Waals surface area contributed by atoms with E-state index in [9.17, 15) is 4.79 Å². The van der Waals surface area contributed by atoms with Gasteiger partial charge < -0.3 is 5.11 Å². The first-order chi connectivity index (χ1) is 6.77. The Bertz CT molecular complexity index is 310. The molecule has 1 aliphatic rings. The third kappa shape index (κ3) is 1.76. The number of carbonyl (C=O) groups is 1. The van der Waals surface area contributed by atoms with Gasteiger partial charge in [-0.2, -0.15) is 5.10 Å². The zero-order chi connectivity index (χ0) is 9.97. The molecule has 0 amide bonds. The minimum Gasteiger partial charge on any atom is -0.481 e. The van der Waals surface area contributed by atoms with E-state index in [1.807, 2.05) is 0 Å². The quantitative estimate of drug-likeness (QED) is 0.784. The summed E-state index contributed by atoms with van der Waals surface area (Å²) >= 11 is 0. The molecule has 1 saturated carbocycles. The Labute approximate surface area is 81.8 Å². The zero-order valence-corrected chi connectivity index (χ0v) is 7.83. The predicted octanol–water partition coefficient (Wildman–Crippen LogP) is 1.09. The van der Waals surface area contributed by atoms with Gasteiger partial charge in [0.05, 0.1) is 12.5 Å². The van der Waals surface area contributed by atoms with Crippen LogP contribution in [0.15, 0.2) is 12.7 Å². The van der Waals surface area contributed by atoms with Crippen LogP contribution in [-0.2, 0) is 4.79 Å². The molecule has 2 atom stereocenters. The largest absolute Gasteiger partial charge is 0.481 e. The summed E-state index contributed by atoms with van der Waals surface area (Å²) in [7, 11) is 0. The Morgan fingerprint density at radius 3 is 3.07 bits per heavy atom. The fourth-order valence-corrected chi connectivity index (χ4v) is 2.22. The van der Waals surface area contributed by atoms with Crippen LogP contribution in [0.1, 0.15) is 31.7 Å². The third-order valence-electron chi connectivity index (χ3n) is 2.83. The van der Waals surface area contributed by atoms with Crippen LogP contribution in [0.3, 0.4) is 0 Å². The molecule has 1 heterocycles. The monoisotopic (exact) mass is 195 g/mol. The van der Waals surface area contributed by atoms with E-state index in [-0.39, 0.29) is 18.4 Å². The number of carboxylic acid groups (broad SMARTS) is 1. The molecule has 0 radical (unpaired) electrons. The van der Waals surface area contributed by atoms with E-state index < -0.39 is 5.97 Å². The van der Waals surface area contributed by atoms with E-state index in [2.05, 4.69) is 10.1 Å². The van der Waals surface area contributed by atoms with Crippen molar-refractivity contribution in [2.45, 2.75) is 31.7 Å². The molecule has 14 heavy (non-hydrogen) atoms. The fourth-order valence-electron chi connectivity index (χ4n) is 2.22. The van der Waals surface area contributed by atoms with Gasteiger partial charge in [-0.05, 0) is 18.8 Å². The summed E-state index contributed by atoms with van der Waals surface area (Å²) < 4.78 is 1.79. The first kappa shape index (κ1) is 9.18. The molecule has 1 N–H and O–H groups in total. The van der Waals surface area contributed by atoms with E-state index in [4.69, 9.17) is 5.11 Å². The molecular formula is C9H13N3O2. The second-order valence-electron chi connectivity index (χ2n) is 3.73. The molecule has 0 aromatic carbocycles. The molecule has 0 spiro atoms. The van der Waals surface area contributed by atoms with Crippen molar-refractivity contribution < 1.29 is 9.90 Å². The fraction of sp³-hybridized carbons (Fsp3) is 0.667. The van der Waals surface area contributed by atoms with Crippen molar-refractivity contribution in [2.24, 2.45) is 5.92 Å². The highest BCUT2D eigenvalue weighted by atomic mass is 16.4. The summed E-state index contributed by atoms with van der Waals surface area (Å²) in [6, 6.07) is 0.230. The van der Waals surface area contributed by atoms with Crippen LogP contribution in [0.5, 0.6) is 0 Å². The first-order valence-electron chi connectivity index (χ1n) is 4.83. The molecule has 1 aromatic rings. The van der Waals surface area contributed by atoms with E-state index >= 15 is 0 Å². The van der Waals surface area contributed by atoms with Crippen molar-refractivity contribution in [1.82, 2.24) is 14.8 Å². The maximum atomic E-state index is 10.6. The SMILES string of the molecule is O=C(O)CC1CCCC1n1cncn1. The summed E-state index contributed by atoms with van der Waals surface area (Å²) in [6.07, 6.45) is 6.49. The van der Waals surface area contributed by atoms with Gasteiger partial charge in [-0.15, -0.1) is 0 Å². The molecule has 1 fully saturated rings. The van der Waals surface area contributed by atoms with E-state index in [1.54, 1.807) is 11.0 Å². The number of nitrogens with zero attached hydrogens (tertiary/aromatic N) is 3. The molecule has 0 aliphatic heterocycles. The Balaban J connectivity index is 2.07. The molecule has 5 nitrogen and oxygen atoms in total. The molecule has 0 saturated heterocycles. The molecule has 0 bridgehead atoms. The van der Waals surface area contributed by atoms with Crippen LogP contribution in [0, 0.1) is 5.92 Å². The highest BCUT2D eigenvalue weighted by Gasteiger charge is 2.30. The summed E-state index contributed by atoms with van der Waals surface area (Å²) in [5, 5.41) is 12.8. The number of carboxylic acids is 1. The summed E-state index contributed by atoms with van der Waals surface area (Å²) in [6.45, 7) is 0. The summed E-state index contributed by atoms with van der Waals surface area (Å²) in [5.74, 6) is -0.504. The Morgan fingerprint density at radius 2 is 2.43 bits per heavy atom. The van der Waals surface area contributed by atoms with Crippen molar-refractivity contribution in [2.75, 3.05) is 0 Å². The van der Waals surface area contributed by atoms with Crippen LogP contribution in [0.25, 0.3) is 0 Å². The standard InChI is InChI=1S/C9H13N3O2/c13-9(14)4-7-2-1-3-8(7)12-6-10-5-11-12/h5-8H,1-4H2,(H,13,14). The van der Waals surface area contributed by atoms with Crippen molar-refractivity contribution >= 4 is 5.97 Å². The molecule has 1 aromatic heterocycles. The van der Waals surface area contributed by atoms with Gasteiger partial charge in [0.25, 0.3) is 0 Å². The lowest BCUT2D eigenvalue weighted by molar-refractivity contribution is -0.138. The Morgan fingerprint density at radius 1 is 1.57 bits per heavy atom. The van der Waals surface area contributed by atoms with Gasteiger partial charge in [-0.25, -0.2) is 9.67 Å². The lowest BCUT2D eigenvalue weighted by Crippen LogP contribution is -2.17. The van der Waals surface area contributed by atoms with E-state index in [1.165, 1.54) is 6.33 Å². The van der Waals surface area contributed by atoms with Crippen LogP contribution in [0.4, 0.5) is 0 Å². The molecule has 5 heteroatoms. The number of aromatic nitrogens is 3. The van der Waals surface area contributed by atoms with Crippen LogP contribution in [0.2, 0.25) is 0 Å². The Hall–Kier alpha value is -1.39. The van der Waals surface area contributed by atoms with Gasteiger partial charge in [0.1, 0.15) is 12.7 Å². The van der Waals surface area contributed by atoms with Gasteiger partial charge in [-0.3, -0.25) is 4.79 Å². The molecular weight excluding hydrogens is 182 g/mol. The number of hydrogen-bond donors (Lipinski definition) is 1. The minimum absolute atomic E-state index is 0.217. The highest BCUT2D eigenvalue weighted by Crippen LogP contribution is 2.36. The average molecular weight is 195 g/mol. The number of hydrogen-bond acceptors (Lipinski definition) is 3. The summed E-state index contributed by atoms with van der Waals surface area (Å²) in [4.78, 5) is 14.5. The second kappa shape index (κ2) is 3.77. The minimum atomic E-state index is -0.720. The Kier molecular flexibility index (Phi) is 2.47. The van der Waals surface area contributed by atoms with Gasteiger partial charge in [0.15, 0.2) is 0 Å². The normalized spacial score (nSPS) is 26.6. The predicted molar refractivity (Wildman–Crippen MR) is 48.7 cm³/mol. The molecule has 76 valence electrons. The maximum absolute atomic E-state index is 10.6. The number of rotatable bonds is 3. The lowest BCUT2D eigenvalue weighted by atomic mass is 10.00. The van der Waals surface area contributed by atoms with Crippen molar-refractivity contribution in [3.8, 4) is 0 Å². The molecule has 1 aliphatic carbocycles.